The van der Waals surface area contributed by atoms with Gasteiger partial charge >= 0.3 is 0 Å². The maximum Gasteiger partial charge on any atom is 0.275 e. The number of hydrogen-bond acceptors (Lipinski definition) is 5. The van der Waals surface area contributed by atoms with E-state index in [1.807, 2.05) is 11.0 Å². The Labute approximate surface area is 164 Å². The van der Waals surface area contributed by atoms with Gasteiger partial charge in [0.1, 0.15) is 5.69 Å². The van der Waals surface area contributed by atoms with Gasteiger partial charge in [-0.3, -0.25) is 19.4 Å². The zero-order valence-electron chi connectivity index (χ0n) is 16.5. The van der Waals surface area contributed by atoms with Crippen molar-refractivity contribution in [3.63, 3.8) is 0 Å². The average Bonchev–Trinajstić information content (AvgIpc) is 3.25. The third-order valence-corrected chi connectivity index (χ3v) is 5.58. The first-order valence-corrected chi connectivity index (χ1v) is 10.0. The van der Waals surface area contributed by atoms with E-state index in [9.17, 15) is 9.59 Å². The van der Waals surface area contributed by atoms with Gasteiger partial charge in [0, 0.05) is 44.8 Å². The van der Waals surface area contributed by atoms with Crippen LogP contribution in [0.15, 0.2) is 12.3 Å². The Hall–Kier alpha value is -2.71. The van der Waals surface area contributed by atoms with Crippen LogP contribution in [0, 0.1) is 0 Å². The van der Waals surface area contributed by atoms with Crippen LogP contribution < -0.4 is 0 Å². The standard InChI is InChI=1S/C19H27N7O2/c1-24(2)18(27)17-12-25(23-22-17)10-8-14-5-3-4-9-26(14)19(28)16-11-15(20-21-16)13-6-7-13/h11-14H,3-10H2,1-2H3,(H,20,21). The van der Waals surface area contributed by atoms with Crippen LogP contribution in [0.4, 0.5) is 0 Å². The van der Waals surface area contributed by atoms with Crippen molar-refractivity contribution in [3.05, 3.63) is 29.3 Å². The largest absolute Gasteiger partial charge is 0.343 e. The number of rotatable bonds is 6. The van der Waals surface area contributed by atoms with E-state index in [0.717, 1.165) is 37.9 Å². The maximum absolute atomic E-state index is 13.0. The molecular weight excluding hydrogens is 358 g/mol. The topological polar surface area (TPSA) is 100 Å². The first-order chi connectivity index (χ1) is 13.5. The minimum absolute atomic E-state index is 0.00918. The van der Waals surface area contributed by atoms with Gasteiger partial charge in [-0.15, -0.1) is 5.10 Å². The number of H-pyrrole nitrogens is 1. The number of hydrogen-bond donors (Lipinski definition) is 1. The summed E-state index contributed by atoms with van der Waals surface area (Å²) in [5.41, 5.74) is 1.94. The fraction of sp³-hybridized carbons (Fsp3) is 0.632. The summed E-state index contributed by atoms with van der Waals surface area (Å²) in [6, 6.07) is 2.07. The summed E-state index contributed by atoms with van der Waals surface area (Å²) in [5, 5.41) is 15.3. The van der Waals surface area contributed by atoms with Gasteiger partial charge in [0.15, 0.2) is 5.69 Å². The van der Waals surface area contributed by atoms with Crippen molar-refractivity contribution in [2.24, 2.45) is 0 Å². The second-order valence-corrected chi connectivity index (χ2v) is 7.99. The average molecular weight is 385 g/mol. The van der Waals surface area contributed by atoms with Crippen LogP contribution in [0.3, 0.4) is 0 Å². The van der Waals surface area contributed by atoms with E-state index in [4.69, 9.17) is 0 Å². The Kier molecular flexibility index (Phi) is 5.15. The van der Waals surface area contributed by atoms with E-state index in [0.29, 0.717) is 23.9 Å². The molecule has 3 heterocycles. The van der Waals surface area contributed by atoms with Crippen molar-refractivity contribution in [2.75, 3.05) is 20.6 Å². The Morgan fingerprint density at radius 3 is 2.79 bits per heavy atom. The molecule has 150 valence electrons. The summed E-state index contributed by atoms with van der Waals surface area (Å²) >= 11 is 0. The molecule has 9 heteroatoms. The number of amides is 2. The molecule has 1 aliphatic heterocycles. The third-order valence-electron chi connectivity index (χ3n) is 5.58. The molecule has 4 rings (SSSR count). The number of likely N-dealkylation sites (tertiary alicyclic amines) is 1. The van der Waals surface area contributed by atoms with Gasteiger partial charge < -0.3 is 9.80 Å². The minimum Gasteiger partial charge on any atom is -0.343 e. The highest BCUT2D eigenvalue weighted by Crippen LogP contribution is 2.39. The highest BCUT2D eigenvalue weighted by Gasteiger charge is 2.31. The summed E-state index contributed by atoms with van der Waals surface area (Å²) < 4.78 is 1.69. The molecule has 2 fully saturated rings. The number of nitrogens with one attached hydrogen (secondary N) is 1. The van der Waals surface area contributed by atoms with Gasteiger partial charge in [-0.2, -0.15) is 5.10 Å². The monoisotopic (exact) mass is 385 g/mol. The molecule has 1 saturated carbocycles. The minimum atomic E-state index is -0.161. The summed E-state index contributed by atoms with van der Waals surface area (Å²) in [6.07, 6.45) is 7.93. The van der Waals surface area contributed by atoms with Crippen LogP contribution >= 0.6 is 0 Å². The highest BCUT2D eigenvalue weighted by molar-refractivity contribution is 5.92. The van der Waals surface area contributed by atoms with E-state index >= 15 is 0 Å². The first kappa shape index (κ1) is 18.6. The van der Waals surface area contributed by atoms with Crippen LogP contribution in [-0.2, 0) is 6.54 Å². The maximum atomic E-state index is 13.0. The van der Waals surface area contributed by atoms with Crippen LogP contribution in [0.5, 0.6) is 0 Å². The van der Waals surface area contributed by atoms with Gasteiger partial charge in [0.2, 0.25) is 0 Å². The van der Waals surface area contributed by atoms with E-state index < -0.39 is 0 Å². The van der Waals surface area contributed by atoms with Crippen LogP contribution in [-0.4, -0.2) is 73.5 Å². The molecule has 1 N–H and O–H groups in total. The number of carbonyl (C=O) groups is 2. The van der Waals surface area contributed by atoms with E-state index in [1.165, 1.54) is 17.7 Å². The number of aryl methyl sites for hydroxylation is 1. The molecule has 28 heavy (non-hydrogen) atoms. The molecule has 2 amide bonds. The quantitative estimate of drug-likeness (QED) is 0.815. The molecule has 0 aromatic carbocycles. The second-order valence-electron chi connectivity index (χ2n) is 7.99. The Morgan fingerprint density at radius 1 is 1.21 bits per heavy atom. The van der Waals surface area contributed by atoms with Gasteiger partial charge in [0.25, 0.3) is 11.8 Å². The number of piperidine rings is 1. The van der Waals surface area contributed by atoms with Gasteiger partial charge in [0.05, 0.1) is 6.20 Å². The van der Waals surface area contributed by atoms with Crippen LogP contribution in [0.2, 0.25) is 0 Å². The van der Waals surface area contributed by atoms with Gasteiger partial charge in [-0.1, -0.05) is 5.21 Å². The molecule has 1 aliphatic carbocycles. The Balaban J connectivity index is 1.39. The normalized spacial score (nSPS) is 19.6. The zero-order valence-corrected chi connectivity index (χ0v) is 16.5. The predicted octanol–water partition coefficient (Wildman–Crippen LogP) is 1.67. The zero-order chi connectivity index (χ0) is 19.7. The van der Waals surface area contributed by atoms with E-state index in [-0.39, 0.29) is 17.9 Å². The molecule has 2 aliphatic rings. The van der Waals surface area contributed by atoms with Gasteiger partial charge in [-0.05, 0) is 44.6 Å². The lowest BCUT2D eigenvalue weighted by Gasteiger charge is -2.35. The molecule has 9 nitrogen and oxygen atoms in total. The molecule has 0 spiro atoms. The fourth-order valence-corrected chi connectivity index (χ4v) is 3.78. The van der Waals surface area contributed by atoms with Crippen molar-refractivity contribution >= 4 is 11.8 Å². The molecule has 1 unspecified atom stereocenters. The van der Waals surface area contributed by atoms with E-state index in [1.54, 1.807) is 25.0 Å². The first-order valence-electron chi connectivity index (χ1n) is 10.0. The summed E-state index contributed by atoms with van der Waals surface area (Å²) in [5.74, 6) is 0.401. The summed E-state index contributed by atoms with van der Waals surface area (Å²) in [6.45, 7) is 1.38. The van der Waals surface area contributed by atoms with Crippen molar-refractivity contribution < 1.29 is 9.59 Å². The molecule has 1 saturated heterocycles. The molecule has 2 aromatic rings. The molecule has 0 bridgehead atoms. The lowest BCUT2D eigenvalue weighted by atomic mass is 9.98. The second kappa shape index (κ2) is 7.73. The third kappa shape index (κ3) is 3.93. The fourth-order valence-electron chi connectivity index (χ4n) is 3.78. The number of nitrogens with zero attached hydrogens (tertiary/aromatic N) is 6. The van der Waals surface area contributed by atoms with Crippen molar-refractivity contribution in [3.8, 4) is 0 Å². The summed E-state index contributed by atoms with van der Waals surface area (Å²) in [4.78, 5) is 28.4. The Bertz CT molecular complexity index is 852. The molecule has 0 radical (unpaired) electrons. The molecular formula is C19H27N7O2. The van der Waals surface area contributed by atoms with Crippen LogP contribution in [0.1, 0.15) is 71.1 Å². The lowest BCUT2D eigenvalue weighted by Crippen LogP contribution is -2.44. The number of aromatic amines is 1. The van der Waals surface area contributed by atoms with Crippen molar-refractivity contribution in [1.29, 1.82) is 0 Å². The number of aromatic nitrogens is 5. The molecule has 2 aromatic heterocycles. The SMILES string of the molecule is CN(C)C(=O)c1cn(CCC2CCCCN2C(=O)c2cc(C3CC3)[nH]n2)nn1. The van der Waals surface area contributed by atoms with Crippen molar-refractivity contribution in [1.82, 2.24) is 35.0 Å². The smallest absolute Gasteiger partial charge is 0.275 e. The number of carbonyl (C=O) groups excluding carboxylic acids is 2. The highest BCUT2D eigenvalue weighted by atomic mass is 16.2. The predicted molar refractivity (Wildman–Crippen MR) is 102 cm³/mol. The van der Waals surface area contributed by atoms with Crippen molar-refractivity contribution in [2.45, 2.75) is 57.0 Å². The summed E-state index contributed by atoms with van der Waals surface area (Å²) in [7, 11) is 3.38. The van der Waals surface area contributed by atoms with Gasteiger partial charge in [-0.25, -0.2) is 0 Å². The Morgan fingerprint density at radius 2 is 2.04 bits per heavy atom. The van der Waals surface area contributed by atoms with Crippen LogP contribution in [0.25, 0.3) is 0 Å². The van der Waals surface area contributed by atoms with E-state index in [2.05, 4.69) is 20.5 Å². The molecule has 1 atom stereocenters. The lowest BCUT2D eigenvalue weighted by molar-refractivity contribution is 0.0587.